The van der Waals surface area contributed by atoms with Crippen LogP contribution in [0.25, 0.3) is 11.3 Å². The molecule has 2 heterocycles. The van der Waals surface area contributed by atoms with E-state index < -0.39 is 11.6 Å². The van der Waals surface area contributed by atoms with Crippen LogP contribution >= 0.6 is 0 Å². The Labute approximate surface area is 149 Å². The van der Waals surface area contributed by atoms with Crippen molar-refractivity contribution in [3.05, 3.63) is 65.4 Å². The standard InChI is InChI=1S/C20H18F2N4/c1-19(2)12-6-7-20(19,16-9-23-10-24-16)18-11(12)8-15(25-26-18)17-13(21)4-3-5-14(17)22/h3-5,8-10,12H,6-7H2,1-2H3,(H,23,24)/t12?,20-/m0/s1. The Hall–Kier alpha value is -2.63. The lowest BCUT2D eigenvalue weighted by atomic mass is 9.66. The molecular weight excluding hydrogens is 334 g/mol. The molecule has 0 radical (unpaired) electrons. The summed E-state index contributed by atoms with van der Waals surface area (Å²) in [6.07, 6.45) is 5.50. The second-order valence-electron chi connectivity index (χ2n) is 7.81. The average molecular weight is 352 g/mol. The molecule has 2 aromatic heterocycles. The molecule has 2 aliphatic rings. The van der Waals surface area contributed by atoms with Crippen LogP contribution in [0.1, 0.15) is 49.6 Å². The number of halogens is 2. The maximum absolute atomic E-state index is 14.2. The molecule has 26 heavy (non-hydrogen) atoms. The van der Waals surface area contributed by atoms with Crippen LogP contribution in [0.3, 0.4) is 0 Å². The third-order valence-electron chi connectivity index (χ3n) is 6.56. The fourth-order valence-electron chi connectivity index (χ4n) is 5.28. The fourth-order valence-corrected chi connectivity index (χ4v) is 5.28. The van der Waals surface area contributed by atoms with Crippen molar-refractivity contribution in [1.82, 2.24) is 20.2 Å². The third kappa shape index (κ3) is 1.69. The minimum absolute atomic E-state index is 0.0804. The number of benzene rings is 1. The minimum Gasteiger partial charge on any atom is -0.348 e. The van der Waals surface area contributed by atoms with E-state index in [9.17, 15) is 8.78 Å². The van der Waals surface area contributed by atoms with Crippen molar-refractivity contribution in [3.8, 4) is 11.3 Å². The Morgan fingerprint density at radius 1 is 1.15 bits per heavy atom. The summed E-state index contributed by atoms with van der Waals surface area (Å²) < 4.78 is 28.4. The number of H-pyrrole nitrogens is 1. The van der Waals surface area contributed by atoms with Crippen LogP contribution in [0.15, 0.2) is 36.8 Å². The summed E-state index contributed by atoms with van der Waals surface area (Å²) in [4.78, 5) is 7.46. The predicted molar refractivity (Wildman–Crippen MR) is 92.5 cm³/mol. The number of imidazole rings is 1. The van der Waals surface area contributed by atoms with Gasteiger partial charge in [0.05, 0.1) is 28.7 Å². The van der Waals surface area contributed by atoms with Gasteiger partial charge in [-0.05, 0) is 47.9 Å². The molecule has 2 bridgehead atoms. The van der Waals surface area contributed by atoms with Crippen molar-refractivity contribution in [2.75, 3.05) is 0 Å². The lowest BCUT2D eigenvalue weighted by Crippen LogP contribution is -2.37. The number of aromatic nitrogens is 4. The molecule has 1 aromatic carbocycles. The zero-order chi connectivity index (χ0) is 18.1. The summed E-state index contributed by atoms with van der Waals surface area (Å²) in [6.45, 7) is 4.47. The number of fused-ring (bicyclic) bond motifs is 5. The first-order valence-corrected chi connectivity index (χ1v) is 8.78. The molecule has 1 N–H and O–H groups in total. The molecule has 1 fully saturated rings. The van der Waals surface area contributed by atoms with E-state index in [2.05, 4.69) is 34.0 Å². The Bertz CT molecular complexity index is 992. The van der Waals surface area contributed by atoms with Crippen LogP contribution in [0.4, 0.5) is 8.78 Å². The number of hydrogen-bond donors (Lipinski definition) is 1. The quantitative estimate of drug-likeness (QED) is 0.746. The highest BCUT2D eigenvalue weighted by atomic mass is 19.1. The SMILES string of the molecule is CC1(C)C2CC[C@]1(c1cnc[nH]1)c1nnc(-c3c(F)cccc3F)cc12. The van der Waals surface area contributed by atoms with Gasteiger partial charge in [-0.2, -0.15) is 5.10 Å². The Balaban J connectivity index is 1.74. The van der Waals surface area contributed by atoms with E-state index in [0.717, 1.165) is 29.8 Å². The zero-order valence-corrected chi connectivity index (χ0v) is 14.6. The molecule has 2 atom stereocenters. The molecule has 1 unspecified atom stereocenters. The van der Waals surface area contributed by atoms with Crippen LogP contribution in [0, 0.1) is 17.0 Å². The van der Waals surface area contributed by atoms with Crippen molar-refractivity contribution in [2.45, 2.75) is 38.0 Å². The largest absolute Gasteiger partial charge is 0.348 e. The van der Waals surface area contributed by atoms with Gasteiger partial charge in [-0.3, -0.25) is 0 Å². The molecule has 0 spiro atoms. The molecule has 3 aromatic rings. The summed E-state index contributed by atoms with van der Waals surface area (Å²) in [7, 11) is 0. The van der Waals surface area contributed by atoms with Crippen LogP contribution in [0.2, 0.25) is 0 Å². The van der Waals surface area contributed by atoms with Crippen molar-refractivity contribution in [1.29, 1.82) is 0 Å². The maximum atomic E-state index is 14.2. The monoisotopic (exact) mass is 352 g/mol. The van der Waals surface area contributed by atoms with E-state index in [-0.39, 0.29) is 28.0 Å². The number of aromatic amines is 1. The van der Waals surface area contributed by atoms with Gasteiger partial charge in [-0.1, -0.05) is 19.9 Å². The highest BCUT2D eigenvalue weighted by molar-refractivity contribution is 5.64. The topological polar surface area (TPSA) is 54.5 Å². The summed E-state index contributed by atoms with van der Waals surface area (Å²) >= 11 is 0. The average Bonchev–Trinajstić information content (AvgIpc) is 3.26. The molecule has 0 amide bonds. The van der Waals surface area contributed by atoms with Gasteiger partial charge in [0.15, 0.2) is 0 Å². The predicted octanol–water partition coefficient (Wildman–Crippen LogP) is 4.35. The van der Waals surface area contributed by atoms with Crippen LogP contribution in [-0.2, 0) is 5.41 Å². The Kier molecular flexibility index (Phi) is 2.98. The van der Waals surface area contributed by atoms with Crippen LogP contribution < -0.4 is 0 Å². The van der Waals surface area contributed by atoms with E-state index in [1.54, 1.807) is 6.33 Å². The maximum Gasteiger partial charge on any atom is 0.135 e. The van der Waals surface area contributed by atoms with Gasteiger partial charge in [0.1, 0.15) is 11.6 Å². The highest BCUT2D eigenvalue weighted by Crippen LogP contribution is 2.69. The van der Waals surface area contributed by atoms with Crippen LogP contribution in [-0.4, -0.2) is 20.2 Å². The van der Waals surface area contributed by atoms with E-state index >= 15 is 0 Å². The van der Waals surface area contributed by atoms with Gasteiger partial charge in [0.25, 0.3) is 0 Å². The molecule has 4 nitrogen and oxygen atoms in total. The summed E-state index contributed by atoms with van der Waals surface area (Å²) in [5, 5.41) is 8.71. The molecule has 2 aliphatic carbocycles. The van der Waals surface area contributed by atoms with E-state index in [1.807, 2.05) is 12.3 Å². The highest BCUT2D eigenvalue weighted by Gasteiger charge is 2.64. The number of nitrogens with zero attached hydrogens (tertiary/aromatic N) is 3. The van der Waals surface area contributed by atoms with Gasteiger partial charge in [0, 0.05) is 11.9 Å². The van der Waals surface area contributed by atoms with Gasteiger partial charge in [0.2, 0.25) is 0 Å². The molecule has 1 saturated carbocycles. The molecule has 0 aliphatic heterocycles. The third-order valence-corrected chi connectivity index (χ3v) is 6.56. The van der Waals surface area contributed by atoms with Crippen molar-refractivity contribution in [2.24, 2.45) is 5.41 Å². The zero-order valence-electron chi connectivity index (χ0n) is 14.6. The van der Waals surface area contributed by atoms with E-state index in [4.69, 9.17) is 0 Å². The van der Waals surface area contributed by atoms with Crippen LogP contribution in [0.5, 0.6) is 0 Å². The normalized spacial score (nSPS) is 25.5. The minimum atomic E-state index is -0.620. The van der Waals surface area contributed by atoms with Crippen molar-refractivity contribution < 1.29 is 8.78 Å². The molecule has 132 valence electrons. The first-order chi connectivity index (χ1) is 12.5. The fraction of sp³-hybridized carbons (Fsp3) is 0.350. The summed E-state index contributed by atoms with van der Waals surface area (Å²) in [5.41, 5.74) is 2.75. The van der Waals surface area contributed by atoms with Gasteiger partial charge < -0.3 is 4.98 Å². The Morgan fingerprint density at radius 3 is 2.62 bits per heavy atom. The van der Waals surface area contributed by atoms with Crippen molar-refractivity contribution in [3.63, 3.8) is 0 Å². The second kappa shape index (κ2) is 4.96. The Morgan fingerprint density at radius 2 is 1.92 bits per heavy atom. The first kappa shape index (κ1) is 15.6. The summed E-state index contributed by atoms with van der Waals surface area (Å²) in [5.74, 6) is -0.972. The molecule has 5 rings (SSSR count). The number of nitrogens with one attached hydrogen (secondary N) is 1. The van der Waals surface area contributed by atoms with E-state index in [1.165, 1.54) is 18.2 Å². The lowest BCUT2D eigenvalue weighted by molar-refractivity contribution is 0.243. The first-order valence-electron chi connectivity index (χ1n) is 8.78. The number of hydrogen-bond acceptors (Lipinski definition) is 3. The van der Waals surface area contributed by atoms with E-state index in [0.29, 0.717) is 0 Å². The number of rotatable bonds is 2. The second-order valence-corrected chi connectivity index (χ2v) is 7.81. The van der Waals surface area contributed by atoms with Gasteiger partial charge in [-0.25, -0.2) is 13.8 Å². The molecule has 6 heteroatoms. The molecular formula is C20H18F2N4. The molecule has 0 saturated heterocycles. The smallest absolute Gasteiger partial charge is 0.135 e. The van der Waals surface area contributed by atoms with Gasteiger partial charge >= 0.3 is 0 Å². The lowest BCUT2D eigenvalue weighted by Gasteiger charge is -2.36. The van der Waals surface area contributed by atoms with Gasteiger partial charge in [-0.15, -0.1) is 5.10 Å². The summed E-state index contributed by atoms with van der Waals surface area (Å²) in [6, 6.07) is 5.67. The van der Waals surface area contributed by atoms with Crippen molar-refractivity contribution >= 4 is 0 Å².